The molecule has 0 bridgehead atoms. The zero-order valence-electron chi connectivity index (χ0n) is 11.8. The van der Waals surface area contributed by atoms with Crippen LogP contribution in [0, 0.1) is 10.1 Å². The van der Waals surface area contributed by atoms with E-state index in [1.165, 1.54) is 5.56 Å². The molecule has 5 heteroatoms. The summed E-state index contributed by atoms with van der Waals surface area (Å²) in [4.78, 5) is 12.9. The zero-order chi connectivity index (χ0) is 15.2. The molecule has 4 nitrogen and oxygen atoms in total. The summed E-state index contributed by atoms with van der Waals surface area (Å²) in [6.45, 7) is 4.51. The van der Waals surface area contributed by atoms with Crippen LogP contribution in [0.3, 0.4) is 0 Å². The van der Waals surface area contributed by atoms with Crippen LogP contribution < -0.4 is 0 Å². The average molecular weight is 349 g/mol. The Bertz CT molecular complexity index is 617. The molecule has 0 heterocycles. The first-order valence-electron chi connectivity index (χ1n) is 6.79. The Balaban J connectivity index is 2.11. The van der Waals surface area contributed by atoms with E-state index in [1.54, 1.807) is 12.1 Å². The standard InChI is InChI=1S/C16H17BrN2O2/c1-2-18(11-13-6-4-3-5-7-13)12-14-8-9-15(17)16(10-14)19(20)21/h3-10H,2,11-12H2,1H3. The summed E-state index contributed by atoms with van der Waals surface area (Å²) >= 11 is 3.21. The Morgan fingerprint density at radius 3 is 2.38 bits per heavy atom. The van der Waals surface area contributed by atoms with E-state index < -0.39 is 0 Å². The van der Waals surface area contributed by atoms with Crippen LogP contribution >= 0.6 is 15.9 Å². The Hall–Kier alpha value is -1.72. The van der Waals surface area contributed by atoms with Crippen LogP contribution in [-0.2, 0) is 13.1 Å². The molecule has 0 aliphatic carbocycles. The van der Waals surface area contributed by atoms with E-state index in [9.17, 15) is 10.1 Å². The van der Waals surface area contributed by atoms with Crippen molar-refractivity contribution >= 4 is 21.6 Å². The fourth-order valence-electron chi connectivity index (χ4n) is 2.18. The van der Waals surface area contributed by atoms with Gasteiger partial charge >= 0.3 is 0 Å². The van der Waals surface area contributed by atoms with E-state index >= 15 is 0 Å². The van der Waals surface area contributed by atoms with Crippen molar-refractivity contribution in [2.45, 2.75) is 20.0 Å². The van der Waals surface area contributed by atoms with Crippen LogP contribution in [0.4, 0.5) is 5.69 Å². The first-order chi connectivity index (χ1) is 10.1. The van der Waals surface area contributed by atoms with Crippen molar-refractivity contribution in [3.63, 3.8) is 0 Å². The van der Waals surface area contributed by atoms with Gasteiger partial charge in [-0.3, -0.25) is 15.0 Å². The quantitative estimate of drug-likeness (QED) is 0.574. The van der Waals surface area contributed by atoms with E-state index in [4.69, 9.17) is 0 Å². The predicted molar refractivity (Wildman–Crippen MR) is 87.0 cm³/mol. The van der Waals surface area contributed by atoms with Gasteiger partial charge in [0.05, 0.1) is 9.40 Å². The third kappa shape index (κ3) is 4.37. The molecular weight excluding hydrogens is 332 g/mol. The van der Waals surface area contributed by atoms with Gasteiger partial charge < -0.3 is 0 Å². The molecule has 2 aromatic carbocycles. The van der Waals surface area contributed by atoms with Crippen molar-refractivity contribution in [2.75, 3.05) is 6.54 Å². The lowest BCUT2D eigenvalue weighted by Crippen LogP contribution is -2.22. The van der Waals surface area contributed by atoms with Crippen LogP contribution in [0.15, 0.2) is 53.0 Å². The van der Waals surface area contributed by atoms with E-state index in [2.05, 4.69) is 39.9 Å². The van der Waals surface area contributed by atoms with Gasteiger partial charge in [0.1, 0.15) is 0 Å². The van der Waals surface area contributed by atoms with Crippen molar-refractivity contribution in [1.29, 1.82) is 0 Å². The second-order valence-electron chi connectivity index (χ2n) is 4.83. The maximum absolute atomic E-state index is 11.0. The van der Waals surface area contributed by atoms with Gasteiger partial charge in [-0.2, -0.15) is 0 Å². The molecule has 0 aliphatic rings. The summed E-state index contributed by atoms with van der Waals surface area (Å²) in [5, 5.41) is 11.0. The molecule has 2 rings (SSSR count). The summed E-state index contributed by atoms with van der Waals surface area (Å²) in [5.74, 6) is 0. The molecule has 0 aromatic heterocycles. The van der Waals surface area contributed by atoms with Crippen LogP contribution in [0.5, 0.6) is 0 Å². The lowest BCUT2D eigenvalue weighted by Gasteiger charge is -2.20. The van der Waals surface area contributed by atoms with Crippen LogP contribution in [0.1, 0.15) is 18.1 Å². The topological polar surface area (TPSA) is 46.4 Å². The Morgan fingerprint density at radius 1 is 1.10 bits per heavy atom. The first-order valence-corrected chi connectivity index (χ1v) is 7.58. The Labute approximate surface area is 132 Å². The Kier molecular flexibility index (Phi) is 5.47. The molecular formula is C16H17BrN2O2. The van der Waals surface area contributed by atoms with Gasteiger partial charge in [-0.15, -0.1) is 0 Å². The number of hydrogen-bond acceptors (Lipinski definition) is 3. The molecule has 0 atom stereocenters. The second-order valence-corrected chi connectivity index (χ2v) is 5.69. The molecule has 0 fully saturated rings. The van der Waals surface area contributed by atoms with Gasteiger partial charge in [-0.25, -0.2) is 0 Å². The molecule has 0 spiro atoms. The van der Waals surface area contributed by atoms with Crippen molar-refractivity contribution in [3.8, 4) is 0 Å². The highest BCUT2D eigenvalue weighted by Gasteiger charge is 2.13. The fraction of sp³-hybridized carbons (Fsp3) is 0.250. The largest absolute Gasteiger partial charge is 0.295 e. The number of nitro benzene ring substituents is 1. The van der Waals surface area contributed by atoms with Gasteiger partial charge in [0.15, 0.2) is 0 Å². The second kappa shape index (κ2) is 7.33. The molecule has 0 N–H and O–H groups in total. The predicted octanol–water partition coefficient (Wildman–Crippen LogP) is 4.38. The van der Waals surface area contributed by atoms with Crippen molar-refractivity contribution < 1.29 is 4.92 Å². The normalized spacial score (nSPS) is 10.8. The fourth-order valence-corrected chi connectivity index (χ4v) is 2.57. The summed E-state index contributed by atoms with van der Waals surface area (Å²) < 4.78 is 0.516. The van der Waals surface area contributed by atoms with E-state index in [0.29, 0.717) is 11.0 Å². The van der Waals surface area contributed by atoms with Crippen LogP contribution in [-0.4, -0.2) is 16.4 Å². The molecule has 0 radical (unpaired) electrons. The summed E-state index contributed by atoms with van der Waals surface area (Å²) in [6.07, 6.45) is 0. The average Bonchev–Trinajstić information content (AvgIpc) is 2.49. The summed E-state index contributed by atoms with van der Waals surface area (Å²) in [5.41, 5.74) is 2.30. The third-order valence-electron chi connectivity index (χ3n) is 3.31. The summed E-state index contributed by atoms with van der Waals surface area (Å²) in [6, 6.07) is 15.5. The minimum Gasteiger partial charge on any atom is -0.295 e. The number of halogens is 1. The minimum absolute atomic E-state index is 0.114. The molecule has 0 saturated carbocycles. The van der Waals surface area contributed by atoms with Crippen molar-refractivity contribution in [1.82, 2.24) is 4.90 Å². The highest BCUT2D eigenvalue weighted by atomic mass is 79.9. The molecule has 0 amide bonds. The van der Waals surface area contributed by atoms with Gasteiger partial charge in [0.25, 0.3) is 5.69 Å². The summed E-state index contributed by atoms with van der Waals surface area (Å²) in [7, 11) is 0. The number of nitrogens with zero attached hydrogens (tertiary/aromatic N) is 2. The van der Waals surface area contributed by atoms with Gasteiger partial charge in [-0.05, 0) is 39.7 Å². The number of hydrogen-bond donors (Lipinski definition) is 0. The molecule has 0 saturated heterocycles. The monoisotopic (exact) mass is 348 g/mol. The maximum Gasteiger partial charge on any atom is 0.283 e. The molecule has 21 heavy (non-hydrogen) atoms. The third-order valence-corrected chi connectivity index (χ3v) is 3.98. The van der Waals surface area contributed by atoms with Crippen molar-refractivity contribution in [2.24, 2.45) is 0 Å². The van der Waals surface area contributed by atoms with E-state index in [-0.39, 0.29) is 10.6 Å². The Morgan fingerprint density at radius 2 is 1.76 bits per heavy atom. The number of nitro groups is 1. The highest BCUT2D eigenvalue weighted by Crippen LogP contribution is 2.26. The van der Waals surface area contributed by atoms with Gasteiger partial charge in [0, 0.05) is 19.2 Å². The highest BCUT2D eigenvalue weighted by molar-refractivity contribution is 9.10. The SMILES string of the molecule is CCN(Cc1ccccc1)Cc1ccc(Br)c([N+](=O)[O-])c1. The maximum atomic E-state index is 11.0. The molecule has 110 valence electrons. The molecule has 2 aromatic rings. The minimum atomic E-state index is -0.360. The van der Waals surface area contributed by atoms with Crippen LogP contribution in [0.2, 0.25) is 0 Å². The van der Waals surface area contributed by atoms with Gasteiger partial charge in [0.2, 0.25) is 0 Å². The van der Waals surface area contributed by atoms with E-state index in [1.807, 2.05) is 24.3 Å². The lowest BCUT2D eigenvalue weighted by atomic mass is 10.1. The first kappa shape index (κ1) is 15.7. The molecule has 0 unspecified atom stereocenters. The van der Waals surface area contributed by atoms with Crippen LogP contribution in [0.25, 0.3) is 0 Å². The number of benzene rings is 2. The smallest absolute Gasteiger partial charge is 0.283 e. The van der Waals surface area contributed by atoms with E-state index in [0.717, 1.165) is 18.7 Å². The molecule has 0 aliphatic heterocycles. The lowest BCUT2D eigenvalue weighted by molar-refractivity contribution is -0.385. The van der Waals surface area contributed by atoms with Crippen molar-refractivity contribution in [3.05, 3.63) is 74.2 Å². The van der Waals surface area contributed by atoms with Gasteiger partial charge in [-0.1, -0.05) is 43.3 Å². The zero-order valence-corrected chi connectivity index (χ0v) is 13.4. The number of rotatable bonds is 6.